The van der Waals surface area contributed by atoms with E-state index in [0.717, 1.165) is 12.8 Å². The number of nitrogens with two attached hydrogens (primary N) is 1. The number of carbonyl (C=O) groups excluding carboxylic acids is 1. The lowest BCUT2D eigenvalue weighted by Gasteiger charge is -2.28. The van der Waals surface area contributed by atoms with E-state index in [9.17, 15) is 4.79 Å². The number of thiocarbonyl (C=S) groups is 1. The summed E-state index contributed by atoms with van der Waals surface area (Å²) in [5.41, 5.74) is 5.49. The minimum absolute atomic E-state index is 0.0466. The summed E-state index contributed by atoms with van der Waals surface area (Å²) in [7, 11) is 0. The number of carbonyl (C=O) groups is 1. The Kier molecular flexibility index (Phi) is 4.99. The lowest BCUT2D eigenvalue weighted by molar-refractivity contribution is 0.188. The zero-order valence-electron chi connectivity index (χ0n) is 10.0. The minimum Gasteiger partial charge on any atom is -0.392 e. The summed E-state index contributed by atoms with van der Waals surface area (Å²) in [5, 5.41) is 3.04. The van der Waals surface area contributed by atoms with E-state index >= 15 is 0 Å². The summed E-state index contributed by atoms with van der Waals surface area (Å²) in [4.78, 5) is 14.0. The Hall–Kier alpha value is -0.840. The fourth-order valence-electron chi connectivity index (χ4n) is 1.98. The van der Waals surface area contributed by atoms with Gasteiger partial charge in [0.15, 0.2) is 0 Å². The molecule has 5 heteroatoms. The lowest BCUT2D eigenvalue weighted by Crippen LogP contribution is -2.49. The molecule has 1 aliphatic carbocycles. The molecule has 2 amide bonds. The first-order valence-corrected chi connectivity index (χ1v) is 6.27. The summed E-state index contributed by atoms with van der Waals surface area (Å²) in [5.74, 6) is 0. The van der Waals surface area contributed by atoms with Gasteiger partial charge in [0.25, 0.3) is 0 Å². The maximum absolute atomic E-state index is 12.0. The average molecular weight is 243 g/mol. The van der Waals surface area contributed by atoms with E-state index in [-0.39, 0.29) is 12.1 Å². The Labute approximate surface area is 103 Å². The van der Waals surface area contributed by atoms with Gasteiger partial charge in [-0.05, 0) is 26.7 Å². The van der Waals surface area contributed by atoms with Crippen LogP contribution >= 0.6 is 12.2 Å². The van der Waals surface area contributed by atoms with Crippen molar-refractivity contribution in [1.82, 2.24) is 10.2 Å². The molecule has 1 aliphatic rings. The fourth-order valence-corrected chi connectivity index (χ4v) is 2.12. The Morgan fingerprint density at radius 2 is 2.06 bits per heavy atom. The van der Waals surface area contributed by atoms with Gasteiger partial charge in [0.05, 0.1) is 11.5 Å². The van der Waals surface area contributed by atoms with Crippen molar-refractivity contribution in [2.45, 2.75) is 51.6 Å². The average Bonchev–Trinajstić information content (AvgIpc) is 2.65. The van der Waals surface area contributed by atoms with Crippen LogP contribution in [0.4, 0.5) is 4.79 Å². The third-order valence-corrected chi connectivity index (χ3v) is 3.02. The maximum atomic E-state index is 12.0. The first-order chi connectivity index (χ1) is 7.50. The number of nitrogens with one attached hydrogen (secondary N) is 1. The van der Waals surface area contributed by atoms with Crippen molar-refractivity contribution < 1.29 is 4.79 Å². The quantitative estimate of drug-likeness (QED) is 0.738. The van der Waals surface area contributed by atoms with E-state index in [1.165, 1.54) is 12.8 Å². The van der Waals surface area contributed by atoms with Gasteiger partial charge < -0.3 is 16.0 Å². The molecular formula is C11H21N3OS. The molecule has 1 rings (SSSR count). The van der Waals surface area contributed by atoms with Gasteiger partial charge >= 0.3 is 6.03 Å². The smallest absolute Gasteiger partial charge is 0.318 e. The second kappa shape index (κ2) is 6.03. The number of nitrogens with zero attached hydrogens (tertiary/aromatic N) is 1. The first-order valence-electron chi connectivity index (χ1n) is 5.86. The van der Waals surface area contributed by atoms with Crippen LogP contribution in [0, 0.1) is 0 Å². The molecule has 0 unspecified atom stereocenters. The Bertz CT molecular complexity index is 262. The van der Waals surface area contributed by atoms with Gasteiger partial charge in [-0.2, -0.15) is 0 Å². The summed E-state index contributed by atoms with van der Waals surface area (Å²) in [6.45, 7) is 4.28. The fraction of sp³-hybridized carbons (Fsp3) is 0.818. The molecule has 0 aliphatic heterocycles. The largest absolute Gasteiger partial charge is 0.392 e. The van der Waals surface area contributed by atoms with Crippen LogP contribution in [-0.2, 0) is 0 Å². The SMILES string of the molecule is CC(C)N(CC(N)=S)C(=O)NC1CCCC1. The zero-order chi connectivity index (χ0) is 12.1. The van der Waals surface area contributed by atoms with Gasteiger partial charge in [0.1, 0.15) is 0 Å². The molecule has 0 bridgehead atoms. The van der Waals surface area contributed by atoms with Crippen LogP contribution in [-0.4, -0.2) is 34.5 Å². The van der Waals surface area contributed by atoms with Crippen molar-refractivity contribution in [3.8, 4) is 0 Å². The van der Waals surface area contributed by atoms with E-state index in [4.69, 9.17) is 18.0 Å². The van der Waals surface area contributed by atoms with Crippen molar-refractivity contribution in [2.75, 3.05) is 6.54 Å². The molecule has 0 aromatic carbocycles. The highest BCUT2D eigenvalue weighted by molar-refractivity contribution is 7.80. The van der Waals surface area contributed by atoms with Crippen LogP contribution in [0.15, 0.2) is 0 Å². The highest BCUT2D eigenvalue weighted by atomic mass is 32.1. The molecular weight excluding hydrogens is 222 g/mol. The molecule has 0 aromatic rings. The molecule has 1 fully saturated rings. The molecule has 4 nitrogen and oxygen atoms in total. The van der Waals surface area contributed by atoms with E-state index in [2.05, 4.69) is 5.32 Å². The molecule has 3 N–H and O–H groups in total. The van der Waals surface area contributed by atoms with Crippen molar-refractivity contribution in [3.05, 3.63) is 0 Å². The first kappa shape index (κ1) is 13.2. The third-order valence-electron chi connectivity index (χ3n) is 2.89. The highest BCUT2D eigenvalue weighted by Gasteiger charge is 2.22. The molecule has 0 spiro atoms. The molecule has 0 radical (unpaired) electrons. The van der Waals surface area contributed by atoms with Gasteiger partial charge in [-0.1, -0.05) is 25.1 Å². The summed E-state index contributed by atoms with van der Waals surface area (Å²) in [6.07, 6.45) is 4.60. The second-order valence-corrected chi connectivity index (χ2v) is 5.14. The van der Waals surface area contributed by atoms with Gasteiger partial charge in [-0.3, -0.25) is 0 Å². The minimum atomic E-state index is -0.0466. The van der Waals surface area contributed by atoms with Crippen molar-refractivity contribution >= 4 is 23.2 Å². The van der Waals surface area contributed by atoms with E-state index in [0.29, 0.717) is 17.6 Å². The molecule has 1 saturated carbocycles. The van der Waals surface area contributed by atoms with Crippen LogP contribution in [0.5, 0.6) is 0 Å². The third kappa shape index (κ3) is 3.96. The van der Waals surface area contributed by atoms with E-state index in [1.54, 1.807) is 4.90 Å². The van der Waals surface area contributed by atoms with E-state index in [1.807, 2.05) is 13.8 Å². The summed E-state index contributed by atoms with van der Waals surface area (Å²) < 4.78 is 0. The monoisotopic (exact) mass is 243 g/mol. The Morgan fingerprint density at radius 1 is 1.50 bits per heavy atom. The molecule has 92 valence electrons. The van der Waals surface area contributed by atoms with Gasteiger partial charge in [0.2, 0.25) is 0 Å². The molecule has 0 saturated heterocycles. The van der Waals surface area contributed by atoms with Crippen molar-refractivity contribution in [2.24, 2.45) is 5.73 Å². The second-order valence-electron chi connectivity index (χ2n) is 4.62. The highest BCUT2D eigenvalue weighted by Crippen LogP contribution is 2.18. The summed E-state index contributed by atoms with van der Waals surface area (Å²) >= 11 is 4.85. The number of rotatable bonds is 4. The number of hydrogen-bond donors (Lipinski definition) is 2. The molecule has 0 aromatic heterocycles. The summed E-state index contributed by atoms with van der Waals surface area (Å²) in [6, 6.07) is 0.401. The topological polar surface area (TPSA) is 58.4 Å². The number of urea groups is 1. The molecule has 16 heavy (non-hydrogen) atoms. The van der Waals surface area contributed by atoms with Crippen molar-refractivity contribution in [3.63, 3.8) is 0 Å². The zero-order valence-corrected chi connectivity index (χ0v) is 10.8. The predicted octanol–water partition coefficient (Wildman–Crippen LogP) is 1.64. The van der Waals surface area contributed by atoms with Gasteiger partial charge in [0, 0.05) is 12.1 Å². The maximum Gasteiger partial charge on any atom is 0.318 e. The number of amides is 2. The Balaban J connectivity index is 2.49. The normalized spacial score (nSPS) is 16.4. The molecule has 0 heterocycles. The molecule has 0 atom stereocenters. The van der Waals surface area contributed by atoms with Crippen molar-refractivity contribution in [1.29, 1.82) is 0 Å². The van der Waals surface area contributed by atoms with Crippen LogP contribution in [0.1, 0.15) is 39.5 Å². The van der Waals surface area contributed by atoms with Crippen LogP contribution in [0.3, 0.4) is 0 Å². The Morgan fingerprint density at radius 3 is 2.50 bits per heavy atom. The van der Waals surface area contributed by atoms with Gasteiger partial charge in [-0.25, -0.2) is 4.79 Å². The predicted molar refractivity (Wildman–Crippen MR) is 69.4 cm³/mol. The van der Waals surface area contributed by atoms with Gasteiger partial charge in [-0.15, -0.1) is 0 Å². The van der Waals surface area contributed by atoms with E-state index < -0.39 is 0 Å². The lowest BCUT2D eigenvalue weighted by atomic mass is 10.2. The number of hydrogen-bond acceptors (Lipinski definition) is 2. The standard InChI is InChI=1S/C11H21N3OS/c1-8(2)14(7-10(12)16)11(15)13-9-5-3-4-6-9/h8-9H,3-7H2,1-2H3,(H2,12,16)(H,13,15). The van der Waals surface area contributed by atoms with Crippen LogP contribution < -0.4 is 11.1 Å². The van der Waals surface area contributed by atoms with Crippen LogP contribution in [0.25, 0.3) is 0 Å². The van der Waals surface area contributed by atoms with Crippen LogP contribution in [0.2, 0.25) is 0 Å².